The second-order valence-electron chi connectivity index (χ2n) is 9.64. The maximum atomic E-state index is 15.6. The van der Waals surface area contributed by atoms with Crippen molar-refractivity contribution in [3.8, 4) is 11.5 Å². The van der Waals surface area contributed by atoms with E-state index in [2.05, 4.69) is 20.5 Å². The van der Waals surface area contributed by atoms with Crippen LogP contribution in [0.2, 0.25) is 0 Å². The highest BCUT2D eigenvalue weighted by molar-refractivity contribution is 7.21. The minimum absolute atomic E-state index is 0.0373. The highest BCUT2D eigenvalue weighted by Gasteiger charge is 2.35. The zero-order valence-electron chi connectivity index (χ0n) is 21.0. The van der Waals surface area contributed by atoms with Gasteiger partial charge in [-0.05, 0) is 63.2 Å². The van der Waals surface area contributed by atoms with E-state index in [0.717, 1.165) is 25.9 Å². The highest BCUT2D eigenvalue weighted by atomic mass is 32.1. The predicted molar refractivity (Wildman–Crippen MR) is 146 cm³/mol. The van der Waals surface area contributed by atoms with Crippen LogP contribution in [0.5, 0.6) is 11.5 Å². The lowest BCUT2D eigenvalue weighted by Crippen LogP contribution is -2.46. The smallest absolute Gasteiger partial charge is 0.331 e. The summed E-state index contributed by atoms with van der Waals surface area (Å²) in [6.07, 6.45) is 3.49. The first-order valence-electron chi connectivity index (χ1n) is 12.4. The van der Waals surface area contributed by atoms with E-state index in [-0.39, 0.29) is 17.6 Å². The maximum absolute atomic E-state index is 15.6. The minimum atomic E-state index is -0.603. The van der Waals surface area contributed by atoms with Gasteiger partial charge in [0.25, 0.3) is 5.91 Å². The summed E-state index contributed by atoms with van der Waals surface area (Å²) in [6, 6.07) is 13.2. The molecule has 0 spiro atoms. The maximum Gasteiger partial charge on any atom is 0.331 e. The number of amides is 3. The van der Waals surface area contributed by atoms with Crippen molar-refractivity contribution in [2.24, 2.45) is 0 Å². The molecule has 10 heteroatoms. The fourth-order valence-electron chi connectivity index (χ4n) is 5.17. The minimum Gasteiger partial charge on any atom is -0.457 e. The summed E-state index contributed by atoms with van der Waals surface area (Å²) in [5.41, 5.74) is 1.52. The van der Waals surface area contributed by atoms with E-state index in [9.17, 15) is 9.59 Å². The molecule has 3 amide bonds. The normalized spacial score (nSPS) is 17.4. The number of urea groups is 1. The van der Waals surface area contributed by atoms with Crippen LogP contribution >= 0.6 is 11.3 Å². The van der Waals surface area contributed by atoms with Gasteiger partial charge in [-0.2, -0.15) is 0 Å². The molecule has 4 heterocycles. The molecule has 2 aliphatic heterocycles. The molecule has 0 saturated carbocycles. The number of para-hydroxylation sites is 1. The molecule has 2 aromatic heterocycles. The number of carbonyl (C=O) groups excluding carboxylic acids is 2. The van der Waals surface area contributed by atoms with Crippen molar-refractivity contribution in [2.75, 3.05) is 30.4 Å². The molecule has 1 unspecified atom stereocenters. The Morgan fingerprint density at radius 2 is 2.03 bits per heavy atom. The van der Waals surface area contributed by atoms with Gasteiger partial charge >= 0.3 is 6.03 Å². The Morgan fingerprint density at radius 1 is 1.21 bits per heavy atom. The van der Waals surface area contributed by atoms with Gasteiger partial charge in [0.2, 0.25) is 0 Å². The third-order valence-electron chi connectivity index (χ3n) is 6.84. The number of halogens is 1. The molecule has 4 aromatic rings. The molecule has 2 aliphatic rings. The second kappa shape index (κ2) is 9.70. The Labute approximate surface area is 223 Å². The molecule has 8 nitrogen and oxygen atoms in total. The van der Waals surface area contributed by atoms with E-state index in [1.54, 1.807) is 37.4 Å². The molecule has 1 saturated heterocycles. The largest absolute Gasteiger partial charge is 0.457 e. The van der Waals surface area contributed by atoms with Gasteiger partial charge in [0.15, 0.2) is 5.82 Å². The van der Waals surface area contributed by atoms with Crippen LogP contribution in [0.3, 0.4) is 0 Å². The number of nitrogens with zero attached hydrogens (tertiary/aromatic N) is 3. The monoisotopic (exact) mass is 531 g/mol. The number of aromatic nitrogens is 1. The molecule has 2 aromatic carbocycles. The second-order valence-corrected chi connectivity index (χ2v) is 10.6. The van der Waals surface area contributed by atoms with E-state index in [1.807, 2.05) is 25.2 Å². The highest BCUT2D eigenvalue weighted by Crippen LogP contribution is 2.47. The van der Waals surface area contributed by atoms with Crippen LogP contribution in [-0.4, -0.2) is 48.0 Å². The van der Waals surface area contributed by atoms with E-state index < -0.39 is 11.8 Å². The van der Waals surface area contributed by atoms with Crippen LogP contribution in [-0.2, 0) is 0 Å². The summed E-state index contributed by atoms with van der Waals surface area (Å²) in [5, 5.41) is 6.57. The summed E-state index contributed by atoms with van der Waals surface area (Å²) in [4.78, 5) is 35.6. The third-order valence-corrected chi connectivity index (χ3v) is 7.94. The number of hydrogen-bond donors (Lipinski definition) is 2. The van der Waals surface area contributed by atoms with Crippen LogP contribution in [0.25, 0.3) is 10.2 Å². The Kier molecular flexibility index (Phi) is 6.21. The number of rotatable bonds is 5. The predicted octanol–water partition coefficient (Wildman–Crippen LogP) is 6.04. The standard InChI is InChI=1S/C28H26FN5O3S/c1-16-13-19(37-18-8-4-3-5-9-18)14-20(29)24(16)34-21-10-11-30-27-22(21)23(32-28(34)36)25(38-27)26(35)31-17-7-6-12-33(2)15-17/h3-5,8-11,13-14,17H,6-7,12,15H2,1-2H3,(H,31,35)(H,32,36). The molecule has 1 fully saturated rings. The topological polar surface area (TPSA) is 86.8 Å². The number of ether oxygens (including phenoxy) is 1. The van der Waals surface area contributed by atoms with Crippen LogP contribution in [0.15, 0.2) is 54.7 Å². The van der Waals surface area contributed by atoms with E-state index in [4.69, 9.17) is 4.74 Å². The van der Waals surface area contributed by atoms with Crippen molar-refractivity contribution in [2.45, 2.75) is 25.8 Å². The molecule has 0 bridgehead atoms. The molecule has 0 aliphatic carbocycles. The van der Waals surface area contributed by atoms with Crippen molar-refractivity contribution >= 4 is 50.6 Å². The lowest BCUT2D eigenvalue weighted by Gasteiger charge is -2.31. The number of pyridine rings is 1. The number of aryl methyl sites for hydroxylation is 1. The van der Waals surface area contributed by atoms with Gasteiger partial charge in [-0.3, -0.25) is 9.69 Å². The number of likely N-dealkylation sites (tertiary alicyclic amines) is 1. The number of likely N-dealkylation sites (N-methyl/N-ethyl adjacent to an activating group) is 1. The summed E-state index contributed by atoms with van der Waals surface area (Å²) < 4.78 is 21.4. The van der Waals surface area contributed by atoms with Crippen molar-refractivity contribution in [3.05, 3.63) is 71.0 Å². The van der Waals surface area contributed by atoms with Gasteiger partial charge in [-0.1, -0.05) is 18.2 Å². The van der Waals surface area contributed by atoms with Crippen molar-refractivity contribution in [3.63, 3.8) is 0 Å². The lowest BCUT2D eigenvalue weighted by molar-refractivity contribution is 0.0917. The molecule has 2 N–H and O–H groups in total. The number of hydrogen-bond acceptors (Lipinski definition) is 6. The number of carbonyl (C=O) groups is 2. The first-order valence-corrected chi connectivity index (χ1v) is 13.3. The molecular formula is C28H26FN5O3S. The Hall–Kier alpha value is -4.02. The zero-order valence-corrected chi connectivity index (χ0v) is 21.8. The molecule has 1 atom stereocenters. The van der Waals surface area contributed by atoms with Gasteiger partial charge in [0.05, 0.1) is 22.4 Å². The van der Waals surface area contributed by atoms with Crippen molar-refractivity contribution in [1.29, 1.82) is 0 Å². The van der Waals surface area contributed by atoms with Crippen LogP contribution < -0.4 is 20.3 Å². The van der Waals surface area contributed by atoms with Crippen molar-refractivity contribution in [1.82, 2.24) is 15.2 Å². The number of benzene rings is 2. The Morgan fingerprint density at radius 3 is 2.79 bits per heavy atom. The van der Waals surface area contributed by atoms with Gasteiger partial charge in [-0.25, -0.2) is 14.2 Å². The number of anilines is 3. The molecular weight excluding hydrogens is 505 g/mol. The van der Waals surface area contributed by atoms with Crippen LogP contribution in [0.4, 0.5) is 26.2 Å². The van der Waals surface area contributed by atoms with E-state index in [1.165, 1.54) is 22.3 Å². The first-order chi connectivity index (χ1) is 18.4. The zero-order chi connectivity index (χ0) is 26.4. The first kappa shape index (κ1) is 24.3. The number of nitrogens with one attached hydrogen (secondary N) is 2. The third kappa shape index (κ3) is 4.35. The van der Waals surface area contributed by atoms with Crippen LogP contribution in [0.1, 0.15) is 28.1 Å². The SMILES string of the molecule is Cc1cc(Oc2ccccc2)cc(F)c1N1C(=O)Nc2c(C(=O)NC3CCCN(C)C3)sc3nccc1c23. The lowest BCUT2D eigenvalue weighted by atomic mass is 10.1. The molecule has 6 rings (SSSR count). The average molecular weight is 532 g/mol. The number of thiophene rings is 1. The Balaban J connectivity index is 1.36. The summed E-state index contributed by atoms with van der Waals surface area (Å²) in [6.45, 7) is 3.51. The van der Waals surface area contributed by atoms with Gasteiger partial charge in [-0.15, -0.1) is 11.3 Å². The average Bonchev–Trinajstić information content (AvgIpc) is 3.25. The summed E-state index contributed by atoms with van der Waals surface area (Å²) >= 11 is 1.22. The van der Waals surface area contributed by atoms with Gasteiger partial charge < -0.3 is 20.3 Å². The van der Waals surface area contributed by atoms with Crippen molar-refractivity contribution < 1.29 is 18.7 Å². The molecule has 38 heavy (non-hydrogen) atoms. The quantitative estimate of drug-likeness (QED) is 0.328. The Bertz CT molecular complexity index is 1530. The van der Waals surface area contributed by atoms with E-state index in [0.29, 0.717) is 43.5 Å². The molecule has 194 valence electrons. The number of piperidine rings is 1. The fraction of sp³-hybridized carbons (Fsp3) is 0.250. The van der Waals surface area contributed by atoms with Gasteiger partial charge in [0, 0.05) is 24.8 Å². The molecule has 0 radical (unpaired) electrons. The van der Waals surface area contributed by atoms with Gasteiger partial charge in [0.1, 0.15) is 21.2 Å². The summed E-state index contributed by atoms with van der Waals surface area (Å²) in [7, 11) is 2.04. The van der Waals surface area contributed by atoms with Crippen LogP contribution in [0, 0.1) is 12.7 Å². The summed E-state index contributed by atoms with van der Waals surface area (Å²) in [5.74, 6) is 0.0665. The van der Waals surface area contributed by atoms with E-state index >= 15 is 4.39 Å². The fourth-order valence-corrected chi connectivity index (χ4v) is 6.20.